The number of halogens is 4. The Kier molecular flexibility index (Phi) is 4.59. The molecule has 0 heterocycles. The van der Waals surface area contributed by atoms with Gasteiger partial charge in [-0.1, -0.05) is 47.5 Å². The van der Waals surface area contributed by atoms with Gasteiger partial charge in [-0.15, -0.1) is 11.6 Å². The van der Waals surface area contributed by atoms with Crippen LogP contribution in [0.5, 0.6) is 0 Å². The van der Waals surface area contributed by atoms with Gasteiger partial charge in [0.25, 0.3) is 0 Å². The highest BCUT2D eigenvalue weighted by atomic mass is 127. The fourth-order valence-electron chi connectivity index (χ4n) is 1.53. The Morgan fingerprint density at radius 3 is 2.29 bits per heavy atom. The lowest BCUT2D eigenvalue weighted by atomic mass is 10.0. The molecule has 0 aliphatic rings. The fourth-order valence-corrected chi connectivity index (χ4v) is 3.05. The lowest BCUT2D eigenvalue weighted by Crippen LogP contribution is -1.96. The SMILES string of the molecule is Clc1ccc(C(Cl)c2ccccc2I)cc1Cl. The van der Waals surface area contributed by atoms with E-state index >= 15 is 0 Å². The lowest BCUT2D eigenvalue weighted by molar-refractivity contribution is 1.13. The van der Waals surface area contributed by atoms with Crippen LogP contribution in [0.15, 0.2) is 42.5 Å². The molecule has 0 bridgehead atoms. The summed E-state index contributed by atoms with van der Waals surface area (Å²) in [5, 5.41) is 0.862. The normalized spacial score (nSPS) is 12.5. The molecule has 4 heteroatoms. The number of benzene rings is 2. The topological polar surface area (TPSA) is 0 Å². The van der Waals surface area contributed by atoms with Crippen LogP contribution in [0.3, 0.4) is 0 Å². The maximum Gasteiger partial charge on any atom is 0.0846 e. The highest BCUT2D eigenvalue weighted by molar-refractivity contribution is 14.1. The summed E-state index contributed by atoms with van der Waals surface area (Å²) in [6, 6.07) is 13.5. The second-order valence-corrected chi connectivity index (χ2v) is 5.97. The van der Waals surface area contributed by atoms with Crippen molar-refractivity contribution in [3.05, 3.63) is 67.2 Å². The Labute approximate surface area is 129 Å². The Bertz CT molecular complexity index is 540. The van der Waals surface area contributed by atoms with Crippen molar-refractivity contribution in [1.82, 2.24) is 0 Å². The molecular weight excluding hydrogens is 389 g/mol. The number of hydrogen-bond acceptors (Lipinski definition) is 0. The fraction of sp³-hybridized carbons (Fsp3) is 0.0769. The van der Waals surface area contributed by atoms with Crippen molar-refractivity contribution in [3.8, 4) is 0 Å². The molecule has 1 unspecified atom stereocenters. The Balaban J connectivity index is 2.40. The molecule has 0 spiro atoms. The van der Waals surface area contributed by atoms with Crippen LogP contribution in [-0.4, -0.2) is 0 Å². The monoisotopic (exact) mass is 396 g/mol. The van der Waals surface area contributed by atoms with Crippen molar-refractivity contribution >= 4 is 57.4 Å². The van der Waals surface area contributed by atoms with Crippen molar-refractivity contribution < 1.29 is 0 Å². The minimum Gasteiger partial charge on any atom is -0.113 e. The second kappa shape index (κ2) is 5.79. The van der Waals surface area contributed by atoms with Crippen LogP contribution in [0.1, 0.15) is 16.5 Å². The Morgan fingerprint density at radius 1 is 0.941 bits per heavy atom. The van der Waals surface area contributed by atoms with E-state index in [1.165, 1.54) is 0 Å². The molecule has 0 saturated carbocycles. The van der Waals surface area contributed by atoms with Gasteiger partial charge >= 0.3 is 0 Å². The summed E-state index contributed by atoms with van der Waals surface area (Å²) >= 11 is 20.6. The quantitative estimate of drug-likeness (QED) is 0.435. The van der Waals surface area contributed by atoms with E-state index < -0.39 is 0 Å². The van der Waals surface area contributed by atoms with Crippen LogP contribution in [0.4, 0.5) is 0 Å². The molecule has 0 fully saturated rings. The first-order valence-electron chi connectivity index (χ1n) is 4.93. The van der Waals surface area contributed by atoms with Gasteiger partial charge in [-0.05, 0) is 51.9 Å². The molecule has 88 valence electrons. The van der Waals surface area contributed by atoms with Crippen molar-refractivity contribution in [1.29, 1.82) is 0 Å². The van der Waals surface area contributed by atoms with Gasteiger partial charge in [-0.3, -0.25) is 0 Å². The summed E-state index contributed by atoms with van der Waals surface area (Å²) < 4.78 is 1.14. The minimum atomic E-state index is -0.210. The molecular formula is C13H8Cl3I. The molecule has 0 nitrogen and oxygen atoms in total. The lowest BCUT2D eigenvalue weighted by Gasteiger charge is -2.12. The zero-order valence-electron chi connectivity index (χ0n) is 8.63. The molecule has 1 atom stereocenters. The molecule has 0 aliphatic carbocycles. The summed E-state index contributed by atoms with van der Waals surface area (Å²) in [6.45, 7) is 0. The number of alkyl halides is 1. The zero-order valence-corrected chi connectivity index (χ0v) is 13.1. The van der Waals surface area contributed by atoms with Gasteiger partial charge in [0.15, 0.2) is 0 Å². The van der Waals surface area contributed by atoms with Gasteiger partial charge < -0.3 is 0 Å². The van der Waals surface area contributed by atoms with E-state index in [1.54, 1.807) is 6.07 Å². The molecule has 2 aromatic carbocycles. The standard InChI is InChI=1S/C13H8Cl3I/c14-10-6-5-8(7-11(10)15)13(16)9-3-1-2-4-12(9)17/h1-7,13H. The van der Waals surface area contributed by atoms with E-state index in [0.29, 0.717) is 10.0 Å². The number of rotatable bonds is 2. The first kappa shape index (κ1) is 13.5. The Hall–Kier alpha value is 0.0400. The molecule has 0 saturated heterocycles. The van der Waals surface area contributed by atoms with Crippen LogP contribution in [0.2, 0.25) is 10.0 Å². The van der Waals surface area contributed by atoms with Crippen molar-refractivity contribution in [2.24, 2.45) is 0 Å². The third-order valence-corrected chi connectivity index (χ3v) is 4.62. The number of hydrogen-bond donors (Lipinski definition) is 0. The van der Waals surface area contributed by atoms with Gasteiger partial charge in [0, 0.05) is 3.57 Å². The van der Waals surface area contributed by atoms with E-state index in [1.807, 2.05) is 36.4 Å². The molecule has 2 aromatic rings. The largest absolute Gasteiger partial charge is 0.113 e. The van der Waals surface area contributed by atoms with Crippen LogP contribution in [0, 0.1) is 3.57 Å². The smallest absolute Gasteiger partial charge is 0.0846 e. The van der Waals surface area contributed by atoms with Crippen molar-refractivity contribution in [2.75, 3.05) is 0 Å². The summed E-state index contributed by atoms with van der Waals surface area (Å²) in [5.41, 5.74) is 2.03. The first-order chi connectivity index (χ1) is 8.09. The predicted molar refractivity (Wildman–Crippen MR) is 83.3 cm³/mol. The van der Waals surface area contributed by atoms with Crippen LogP contribution in [0.25, 0.3) is 0 Å². The van der Waals surface area contributed by atoms with E-state index in [0.717, 1.165) is 14.7 Å². The summed E-state index contributed by atoms with van der Waals surface area (Å²) in [5.74, 6) is 0. The van der Waals surface area contributed by atoms with Gasteiger partial charge in [0.1, 0.15) is 0 Å². The van der Waals surface area contributed by atoms with Gasteiger partial charge in [0.05, 0.1) is 15.4 Å². The average molecular weight is 397 g/mol. The van der Waals surface area contributed by atoms with Gasteiger partial charge in [-0.25, -0.2) is 0 Å². The molecule has 2 rings (SSSR count). The Morgan fingerprint density at radius 2 is 1.65 bits per heavy atom. The summed E-state index contributed by atoms with van der Waals surface area (Å²) in [6.07, 6.45) is 0. The van der Waals surface area contributed by atoms with Crippen LogP contribution < -0.4 is 0 Å². The first-order valence-corrected chi connectivity index (χ1v) is 7.20. The van der Waals surface area contributed by atoms with E-state index in [4.69, 9.17) is 34.8 Å². The van der Waals surface area contributed by atoms with E-state index in [-0.39, 0.29) is 5.38 Å². The predicted octanol–water partition coefficient (Wildman–Crippen LogP) is 5.93. The maximum absolute atomic E-state index is 6.45. The second-order valence-electron chi connectivity index (χ2n) is 3.56. The summed E-state index contributed by atoms with van der Waals surface area (Å²) in [4.78, 5) is 0. The third kappa shape index (κ3) is 3.08. The minimum absolute atomic E-state index is 0.210. The highest BCUT2D eigenvalue weighted by Crippen LogP contribution is 2.34. The summed E-state index contributed by atoms with van der Waals surface area (Å²) in [7, 11) is 0. The van der Waals surface area contributed by atoms with E-state index in [9.17, 15) is 0 Å². The third-order valence-electron chi connectivity index (χ3n) is 2.41. The van der Waals surface area contributed by atoms with Gasteiger partial charge in [0.2, 0.25) is 0 Å². The molecule has 0 aromatic heterocycles. The van der Waals surface area contributed by atoms with Crippen molar-refractivity contribution in [2.45, 2.75) is 5.38 Å². The average Bonchev–Trinajstić information content (AvgIpc) is 2.32. The van der Waals surface area contributed by atoms with Crippen LogP contribution >= 0.6 is 57.4 Å². The molecule has 0 aliphatic heterocycles. The highest BCUT2D eigenvalue weighted by Gasteiger charge is 2.14. The molecule has 17 heavy (non-hydrogen) atoms. The zero-order chi connectivity index (χ0) is 12.4. The van der Waals surface area contributed by atoms with Crippen molar-refractivity contribution in [3.63, 3.8) is 0 Å². The molecule has 0 radical (unpaired) electrons. The molecule has 0 N–H and O–H groups in total. The van der Waals surface area contributed by atoms with Gasteiger partial charge in [-0.2, -0.15) is 0 Å². The van der Waals surface area contributed by atoms with E-state index in [2.05, 4.69) is 22.6 Å². The maximum atomic E-state index is 6.45. The molecule has 0 amide bonds. The van der Waals surface area contributed by atoms with Crippen LogP contribution in [-0.2, 0) is 0 Å².